The van der Waals surface area contributed by atoms with Crippen LogP contribution >= 0.6 is 0 Å². The van der Waals surface area contributed by atoms with Crippen LogP contribution in [0.5, 0.6) is 0 Å². The quantitative estimate of drug-likeness (QED) is 0.687. The predicted octanol–water partition coefficient (Wildman–Crippen LogP) is 0.675. The van der Waals surface area contributed by atoms with E-state index in [-0.39, 0.29) is 11.1 Å². The molecular formula is C13H24N4O3S. The predicted molar refractivity (Wildman–Crippen MR) is 79.5 cm³/mol. The van der Waals surface area contributed by atoms with Gasteiger partial charge in [0.25, 0.3) is 10.0 Å². The first-order valence-electron chi connectivity index (χ1n) is 7.34. The SMILES string of the molecule is CNCc1c(S(=O)(=O)NCCC2CCCCO2)n[nH]c1C. The van der Waals surface area contributed by atoms with Gasteiger partial charge in [-0.25, -0.2) is 13.1 Å². The average molecular weight is 316 g/mol. The number of ether oxygens (including phenoxy) is 1. The number of sulfonamides is 1. The summed E-state index contributed by atoms with van der Waals surface area (Å²) in [6.45, 7) is 3.43. The minimum Gasteiger partial charge on any atom is -0.378 e. The fraction of sp³-hybridized carbons (Fsp3) is 0.769. The molecule has 0 amide bonds. The van der Waals surface area contributed by atoms with E-state index < -0.39 is 10.0 Å². The summed E-state index contributed by atoms with van der Waals surface area (Å²) in [7, 11) is -1.81. The van der Waals surface area contributed by atoms with Gasteiger partial charge in [-0.05, 0) is 39.7 Å². The molecule has 0 spiro atoms. The summed E-state index contributed by atoms with van der Waals surface area (Å²) in [6, 6.07) is 0. The number of nitrogens with zero attached hydrogens (tertiary/aromatic N) is 1. The fourth-order valence-corrected chi connectivity index (χ4v) is 3.73. The molecule has 0 bridgehead atoms. The molecule has 1 unspecified atom stereocenters. The first-order chi connectivity index (χ1) is 10.0. The van der Waals surface area contributed by atoms with Gasteiger partial charge >= 0.3 is 0 Å². The van der Waals surface area contributed by atoms with Crippen molar-refractivity contribution < 1.29 is 13.2 Å². The third-order valence-corrected chi connectivity index (χ3v) is 5.11. The van der Waals surface area contributed by atoms with Crippen LogP contribution in [0.3, 0.4) is 0 Å². The third kappa shape index (κ3) is 4.26. The Morgan fingerprint density at radius 2 is 2.24 bits per heavy atom. The van der Waals surface area contributed by atoms with Gasteiger partial charge < -0.3 is 10.1 Å². The van der Waals surface area contributed by atoms with Gasteiger partial charge in [-0.1, -0.05) is 0 Å². The Hall–Kier alpha value is -0.960. The van der Waals surface area contributed by atoms with Crippen molar-refractivity contribution in [3.05, 3.63) is 11.3 Å². The van der Waals surface area contributed by atoms with Gasteiger partial charge in [0.15, 0.2) is 5.03 Å². The summed E-state index contributed by atoms with van der Waals surface area (Å²) in [5, 5.41) is 9.70. The summed E-state index contributed by atoms with van der Waals surface area (Å²) in [5.74, 6) is 0. The second kappa shape index (κ2) is 7.35. The third-order valence-electron chi connectivity index (χ3n) is 3.68. The highest BCUT2D eigenvalue weighted by atomic mass is 32.2. The van der Waals surface area contributed by atoms with Gasteiger partial charge in [-0.15, -0.1) is 0 Å². The zero-order chi connectivity index (χ0) is 15.3. The highest BCUT2D eigenvalue weighted by Crippen LogP contribution is 2.17. The topological polar surface area (TPSA) is 96.1 Å². The number of aromatic amines is 1. The van der Waals surface area contributed by atoms with Gasteiger partial charge in [0.05, 0.1) is 6.10 Å². The van der Waals surface area contributed by atoms with Crippen molar-refractivity contribution in [1.82, 2.24) is 20.2 Å². The lowest BCUT2D eigenvalue weighted by Crippen LogP contribution is -2.30. The lowest BCUT2D eigenvalue weighted by molar-refractivity contribution is 0.0123. The van der Waals surface area contributed by atoms with E-state index in [1.165, 1.54) is 0 Å². The standard InChI is InChI=1S/C13H24N4O3S/c1-10-12(9-14-2)13(17-16-10)21(18,19)15-7-6-11-5-3-4-8-20-11/h11,14-15H,3-9H2,1-2H3,(H,16,17). The molecule has 1 aliphatic rings. The van der Waals surface area contributed by atoms with E-state index in [1.807, 2.05) is 6.92 Å². The molecule has 2 heterocycles. The zero-order valence-electron chi connectivity index (χ0n) is 12.6. The fourth-order valence-electron chi connectivity index (χ4n) is 2.49. The van der Waals surface area contributed by atoms with Crippen LogP contribution in [-0.4, -0.2) is 44.9 Å². The molecule has 0 saturated carbocycles. The molecule has 120 valence electrons. The smallest absolute Gasteiger partial charge is 0.260 e. The van der Waals surface area contributed by atoms with E-state index in [0.29, 0.717) is 25.1 Å². The van der Waals surface area contributed by atoms with Crippen molar-refractivity contribution in [2.45, 2.75) is 50.3 Å². The van der Waals surface area contributed by atoms with Gasteiger partial charge in [-0.3, -0.25) is 5.10 Å². The molecule has 1 saturated heterocycles. The van der Waals surface area contributed by atoms with Gasteiger partial charge in [0.2, 0.25) is 0 Å². The summed E-state index contributed by atoms with van der Waals surface area (Å²) < 4.78 is 32.9. The van der Waals surface area contributed by atoms with Crippen molar-refractivity contribution in [3.8, 4) is 0 Å². The summed E-state index contributed by atoms with van der Waals surface area (Å²) in [6.07, 6.45) is 4.13. The van der Waals surface area contributed by atoms with Crippen LogP contribution < -0.4 is 10.0 Å². The highest BCUT2D eigenvalue weighted by molar-refractivity contribution is 7.89. The lowest BCUT2D eigenvalue weighted by Gasteiger charge is -2.22. The monoisotopic (exact) mass is 316 g/mol. The summed E-state index contributed by atoms with van der Waals surface area (Å²) in [4.78, 5) is 0. The van der Waals surface area contributed by atoms with Crippen LogP contribution in [0, 0.1) is 6.92 Å². The molecule has 3 N–H and O–H groups in total. The van der Waals surface area contributed by atoms with Crippen LogP contribution in [0.2, 0.25) is 0 Å². The maximum atomic E-state index is 12.3. The molecule has 0 radical (unpaired) electrons. The second-order valence-corrected chi connectivity index (χ2v) is 7.02. The van der Waals surface area contributed by atoms with E-state index in [4.69, 9.17) is 4.74 Å². The number of H-pyrrole nitrogens is 1. The van der Waals surface area contributed by atoms with Crippen molar-refractivity contribution in [1.29, 1.82) is 0 Å². The van der Waals surface area contributed by atoms with Crippen molar-refractivity contribution in [2.24, 2.45) is 0 Å². The number of hydrogen-bond acceptors (Lipinski definition) is 5. The van der Waals surface area contributed by atoms with E-state index in [9.17, 15) is 8.42 Å². The van der Waals surface area contributed by atoms with Crippen LogP contribution in [0.1, 0.15) is 36.9 Å². The largest absolute Gasteiger partial charge is 0.378 e. The van der Waals surface area contributed by atoms with E-state index >= 15 is 0 Å². The molecule has 7 nitrogen and oxygen atoms in total. The minimum atomic E-state index is -3.58. The zero-order valence-corrected chi connectivity index (χ0v) is 13.4. The van der Waals surface area contributed by atoms with Crippen molar-refractivity contribution in [2.75, 3.05) is 20.2 Å². The Morgan fingerprint density at radius 1 is 1.43 bits per heavy atom. The van der Waals surface area contributed by atoms with E-state index in [2.05, 4.69) is 20.2 Å². The van der Waals surface area contributed by atoms with Crippen molar-refractivity contribution in [3.63, 3.8) is 0 Å². The number of hydrogen-bond donors (Lipinski definition) is 3. The number of aryl methyl sites for hydroxylation is 1. The van der Waals surface area contributed by atoms with E-state index in [1.54, 1.807) is 7.05 Å². The van der Waals surface area contributed by atoms with Crippen LogP contribution in [0.15, 0.2) is 5.03 Å². The highest BCUT2D eigenvalue weighted by Gasteiger charge is 2.23. The first kappa shape index (κ1) is 16.4. The lowest BCUT2D eigenvalue weighted by atomic mass is 10.1. The van der Waals surface area contributed by atoms with E-state index in [0.717, 1.165) is 31.6 Å². The Morgan fingerprint density at radius 3 is 2.90 bits per heavy atom. The maximum Gasteiger partial charge on any atom is 0.260 e. The molecule has 1 fully saturated rings. The molecule has 1 atom stereocenters. The molecule has 1 aromatic rings. The molecule has 1 aliphatic heterocycles. The van der Waals surface area contributed by atoms with Crippen molar-refractivity contribution >= 4 is 10.0 Å². The van der Waals surface area contributed by atoms with Crippen LogP contribution in [0.4, 0.5) is 0 Å². The maximum absolute atomic E-state index is 12.3. The Labute approximate surface area is 125 Å². The van der Waals surface area contributed by atoms with Crippen LogP contribution in [0.25, 0.3) is 0 Å². The number of nitrogens with one attached hydrogen (secondary N) is 3. The molecule has 21 heavy (non-hydrogen) atoms. The Balaban J connectivity index is 1.95. The minimum absolute atomic E-state index is 0.0823. The molecule has 1 aromatic heterocycles. The molecule has 2 rings (SSSR count). The van der Waals surface area contributed by atoms with Gasteiger partial charge in [0.1, 0.15) is 0 Å². The molecule has 8 heteroatoms. The van der Waals surface area contributed by atoms with Gasteiger partial charge in [0, 0.05) is 31.0 Å². The van der Waals surface area contributed by atoms with Crippen LogP contribution in [-0.2, 0) is 21.3 Å². The molecule has 0 aromatic carbocycles. The first-order valence-corrected chi connectivity index (χ1v) is 8.82. The second-order valence-electron chi connectivity index (χ2n) is 5.34. The normalized spacial score (nSPS) is 19.8. The Bertz CT molecular complexity index is 550. The molecule has 0 aliphatic carbocycles. The number of rotatable bonds is 7. The summed E-state index contributed by atoms with van der Waals surface area (Å²) >= 11 is 0. The summed E-state index contributed by atoms with van der Waals surface area (Å²) in [5.41, 5.74) is 1.44. The molecular weight excluding hydrogens is 292 g/mol. The number of aromatic nitrogens is 2. The van der Waals surface area contributed by atoms with Gasteiger partial charge in [-0.2, -0.15) is 5.10 Å². The average Bonchev–Trinajstić information content (AvgIpc) is 2.83. The Kier molecular flexibility index (Phi) is 5.74.